The van der Waals surface area contributed by atoms with Crippen LogP contribution in [0.4, 0.5) is 0 Å². The highest BCUT2D eigenvalue weighted by atomic mass is 16.5. The first-order valence-corrected chi connectivity index (χ1v) is 10.4. The second-order valence-electron chi connectivity index (χ2n) is 7.73. The Hall–Kier alpha value is -2.33. The van der Waals surface area contributed by atoms with Crippen molar-refractivity contribution in [3.8, 4) is 5.75 Å². The van der Waals surface area contributed by atoms with Gasteiger partial charge in [-0.3, -0.25) is 9.69 Å². The number of ether oxygens (including phenoxy) is 1. The van der Waals surface area contributed by atoms with E-state index in [0.717, 1.165) is 23.4 Å². The molecule has 1 saturated heterocycles. The topological polar surface area (TPSA) is 41.6 Å². The number of rotatable bonds is 8. The van der Waals surface area contributed by atoms with Crippen molar-refractivity contribution in [1.29, 1.82) is 0 Å². The van der Waals surface area contributed by atoms with Gasteiger partial charge in [0.25, 0.3) is 5.91 Å². The normalized spacial score (nSPS) is 15.4. The monoisotopic (exact) mass is 380 g/mol. The maximum absolute atomic E-state index is 12.7. The predicted molar refractivity (Wildman–Crippen MR) is 113 cm³/mol. The fourth-order valence-electron chi connectivity index (χ4n) is 3.67. The Balaban J connectivity index is 1.56. The van der Waals surface area contributed by atoms with Gasteiger partial charge < -0.3 is 10.1 Å². The second kappa shape index (κ2) is 9.74. The van der Waals surface area contributed by atoms with Gasteiger partial charge in [-0.1, -0.05) is 43.3 Å². The summed E-state index contributed by atoms with van der Waals surface area (Å²) in [5.74, 6) is 0.725. The van der Waals surface area contributed by atoms with Crippen LogP contribution in [-0.2, 0) is 17.9 Å². The van der Waals surface area contributed by atoms with Crippen molar-refractivity contribution in [2.45, 2.75) is 59.2 Å². The highest BCUT2D eigenvalue weighted by Gasteiger charge is 2.19. The summed E-state index contributed by atoms with van der Waals surface area (Å²) in [6.07, 6.45) is 2.76. The van der Waals surface area contributed by atoms with Crippen LogP contribution in [-0.4, -0.2) is 30.0 Å². The van der Waals surface area contributed by atoms with Crippen LogP contribution in [0.25, 0.3) is 0 Å². The molecular weight excluding hydrogens is 348 g/mol. The van der Waals surface area contributed by atoms with E-state index in [0.29, 0.717) is 13.0 Å². The summed E-state index contributed by atoms with van der Waals surface area (Å²) in [5.41, 5.74) is 4.70. The third-order valence-corrected chi connectivity index (χ3v) is 5.55. The molecule has 150 valence electrons. The van der Waals surface area contributed by atoms with E-state index >= 15 is 0 Å². The highest BCUT2D eigenvalue weighted by molar-refractivity contribution is 5.81. The van der Waals surface area contributed by atoms with Crippen LogP contribution in [0.1, 0.15) is 48.4 Å². The lowest BCUT2D eigenvalue weighted by Gasteiger charge is -2.19. The summed E-state index contributed by atoms with van der Waals surface area (Å²) in [7, 11) is 0. The molecule has 1 aliphatic rings. The molecular formula is C24H32N2O2. The average molecular weight is 381 g/mol. The van der Waals surface area contributed by atoms with Crippen LogP contribution in [0.15, 0.2) is 42.5 Å². The molecule has 0 radical (unpaired) electrons. The summed E-state index contributed by atoms with van der Waals surface area (Å²) in [6, 6.07) is 14.5. The number of carbonyl (C=O) groups excluding carboxylic acids is 1. The number of likely N-dealkylation sites (tertiary alicyclic amines) is 1. The summed E-state index contributed by atoms with van der Waals surface area (Å²) >= 11 is 0. The molecule has 0 aliphatic carbocycles. The number of nitrogens with one attached hydrogen (secondary N) is 1. The molecule has 28 heavy (non-hydrogen) atoms. The van der Waals surface area contributed by atoms with E-state index in [9.17, 15) is 4.79 Å². The first kappa shape index (κ1) is 20.4. The Kier molecular flexibility index (Phi) is 7.10. The van der Waals surface area contributed by atoms with E-state index in [1.54, 1.807) is 0 Å². The first-order chi connectivity index (χ1) is 13.6. The van der Waals surface area contributed by atoms with Gasteiger partial charge in [-0.2, -0.15) is 0 Å². The molecule has 4 heteroatoms. The third kappa shape index (κ3) is 5.35. The van der Waals surface area contributed by atoms with Crippen molar-refractivity contribution >= 4 is 5.91 Å². The molecule has 4 nitrogen and oxygen atoms in total. The zero-order valence-electron chi connectivity index (χ0n) is 17.3. The van der Waals surface area contributed by atoms with E-state index in [1.165, 1.54) is 37.1 Å². The van der Waals surface area contributed by atoms with Crippen molar-refractivity contribution in [2.75, 3.05) is 13.1 Å². The average Bonchev–Trinajstić information content (AvgIpc) is 3.20. The van der Waals surface area contributed by atoms with E-state index in [1.807, 2.05) is 26.0 Å². The Morgan fingerprint density at radius 2 is 1.82 bits per heavy atom. The molecule has 1 atom stereocenters. The van der Waals surface area contributed by atoms with Gasteiger partial charge in [-0.05, 0) is 74.5 Å². The molecule has 3 rings (SSSR count). The maximum atomic E-state index is 12.7. The molecule has 2 aromatic rings. The second-order valence-corrected chi connectivity index (χ2v) is 7.73. The van der Waals surface area contributed by atoms with Crippen LogP contribution in [0.2, 0.25) is 0 Å². The number of aryl methyl sites for hydroxylation is 1. The van der Waals surface area contributed by atoms with Gasteiger partial charge in [-0.25, -0.2) is 0 Å². The number of benzene rings is 2. The lowest BCUT2D eigenvalue weighted by molar-refractivity contribution is -0.128. The Morgan fingerprint density at radius 1 is 1.11 bits per heavy atom. The zero-order valence-corrected chi connectivity index (χ0v) is 17.3. The number of carbonyl (C=O) groups is 1. The lowest BCUT2D eigenvalue weighted by Crippen LogP contribution is -2.37. The minimum atomic E-state index is -0.478. The van der Waals surface area contributed by atoms with Crippen LogP contribution in [0.3, 0.4) is 0 Å². The van der Waals surface area contributed by atoms with Crippen LogP contribution in [0.5, 0.6) is 5.75 Å². The van der Waals surface area contributed by atoms with Crippen molar-refractivity contribution < 1.29 is 9.53 Å². The van der Waals surface area contributed by atoms with Crippen molar-refractivity contribution in [1.82, 2.24) is 10.2 Å². The van der Waals surface area contributed by atoms with Crippen LogP contribution < -0.4 is 10.1 Å². The van der Waals surface area contributed by atoms with Gasteiger partial charge in [0, 0.05) is 13.1 Å². The van der Waals surface area contributed by atoms with E-state index in [4.69, 9.17) is 4.74 Å². The fraction of sp³-hybridized carbons (Fsp3) is 0.458. The number of hydrogen-bond donors (Lipinski definition) is 1. The molecule has 1 fully saturated rings. The summed E-state index contributed by atoms with van der Waals surface area (Å²) in [6.45, 7) is 9.96. The fourth-order valence-corrected chi connectivity index (χ4v) is 3.67. The van der Waals surface area contributed by atoms with Gasteiger partial charge in [0.05, 0.1) is 0 Å². The molecule has 2 aromatic carbocycles. The summed E-state index contributed by atoms with van der Waals surface area (Å²) in [5, 5.41) is 3.05. The molecule has 1 N–H and O–H groups in total. The Morgan fingerprint density at radius 3 is 2.57 bits per heavy atom. The Bertz CT molecular complexity index is 797. The van der Waals surface area contributed by atoms with E-state index in [-0.39, 0.29) is 5.91 Å². The van der Waals surface area contributed by atoms with Crippen molar-refractivity contribution in [2.24, 2.45) is 0 Å². The zero-order chi connectivity index (χ0) is 19.9. The van der Waals surface area contributed by atoms with Gasteiger partial charge in [0.15, 0.2) is 6.10 Å². The minimum absolute atomic E-state index is 0.0617. The van der Waals surface area contributed by atoms with Gasteiger partial charge >= 0.3 is 0 Å². The standard InChI is InChI=1S/C24H32N2O2/c1-4-22(28-23-12-7-9-18(2)19(23)3)24(27)25-16-20-10-8-11-21(15-20)17-26-13-5-6-14-26/h7-12,15,22H,4-6,13-14,16-17H2,1-3H3,(H,25,27)/t22-/m0/s1. The smallest absolute Gasteiger partial charge is 0.261 e. The van der Waals surface area contributed by atoms with Gasteiger partial charge in [0.1, 0.15) is 5.75 Å². The minimum Gasteiger partial charge on any atom is -0.480 e. The van der Waals surface area contributed by atoms with Crippen LogP contribution >= 0.6 is 0 Å². The molecule has 0 saturated carbocycles. The van der Waals surface area contributed by atoms with Gasteiger partial charge in [-0.15, -0.1) is 0 Å². The number of amides is 1. The maximum Gasteiger partial charge on any atom is 0.261 e. The highest BCUT2D eigenvalue weighted by Crippen LogP contribution is 2.22. The van der Waals surface area contributed by atoms with E-state index < -0.39 is 6.10 Å². The number of hydrogen-bond acceptors (Lipinski definition) is 3. The van der Waals surface area contributed by atoms with E-state index in [2.05, 4.69) is 47.5 Å². The first-order valence-electron chi connectivity index (χ1n) is 10.4. The molecule has 0 aromatic heterocycles. The summed E-state index contributed by atoms with van der Waals surface area (Å²) in [4.78, 5) is 15.2. The lowest BCUT2D eigenvalue weighted by atomic mass is 10.1. The van der Waals surface area contributed by atoms with Gasteiger partial charge in [0.2, 0.25) is 0 Å². The SMILES string of the molecule is CC[C@H](Oc1cccc(C)c1C)C(=O)NCc1cccc(CN2CCCC2)c1. The molecule has 0 spiro atoms. The number of nitrogens with zero attached hydrogens (tertiary/aromatic N) is 1. The molecule has 0 bridgehead atoms. The van der Waals surface area contributed by atoms with Crippen molar-refractivity contribution in [3.05, 3.63) is 64.7 Å². The third-order valence-electron chi connectivity index (χ3n) is 5.55. The Labute approximate surface area is 168 Å². The molecule has 0 unspecified atom stereocenters. The molecule has 1 aliphatic heterocycles. The quantitative estimate of drug-likeness (QED) is 0.739. The molecule has 1 amide bonds. The van der Waals surface area contributed by atoms with Crippen molar-refractivity contribution in [3.63, 3.8) is 0 Å². The molecule has 1 heterocycles. The van der Waals surface area contributed by atoms with Crippen LogP contribution in [0, 0.1) is 13.8 Å². The predicted octanol–water partition coefficient (Wildman–Crippen LogP) is 4.37. The largest absolute Gasteiger partial charge is 0.480 e. The summed E-state index contributed by atoms with van der Waals surface area (Å²) < 4.78 is 6.02.